The van der Waals surface area contributed by atoms with Gasteiger partial charge in [-0.05, 0) is 35.6 Å². The number of pyridine rings is 1. The zero-order valence-corrected chi connectivity index (χ0v) is 19.9. The number of rotatable bonds is 5. The number of carbonyl (C=O) groups is 2. The molecule has 2 N–H and O–H groups in total. The molecule has 1 aliphatic heterocycles. The van der Waals surface area contributed by atoms with Crippen LogP contribution in [0.5, 0.6) is 0 Å². The van der Waals surface area contributed by atoms with E-state index in [1.165, 1.54) is 29.0 Å². The summed E-state index contributed by atoms with van der Waals surface area (Å²) < 4.78 is 35.8. The summed E-state index contributed by atoms with van der Waals surface area (Å²) in [6.07, 6.45) is -2.54. The number of benzene rings is 1. The molecule has 0 saturated heterocycles. The Hall–Kier alpha value is -2.28. The number of hydrogen-bond acceptors (Lipinski definition) is 4. The average molecular weight is 608 g/mol. The van der Waals surface area contributed by atoms with Gasteiger partial charge in [0.1, 0.15) is 0 Å². The fraction of sp³-hybridized carbons (Fsp3) is 0.381. The Bertz CT molecular complexity index is 893. The summed E-state index contributed by atoms with van der Waals surface area (Å²) in [5, 5.41) is 2.22. The molecule has 2 heterocycles. The van der Waals surface area contributed by atoms with Crippen LogP contribution in [0.15, 0.2) is 36.7 Å². The maximum Gasteiger partial charge on any atom is 0.393 e. The Kier molecular flexibility index (Phi) is 10.3. The van der Waals surface area contributed by atoms with E-state index >= 15 is 0 Å². The van der Waals surface area contributed by atoms with E-state index in [-0.39, 0.29) is 38.2 Å². The van der Waals surface area contributed by atoms with Gasteiger partial charge >= 0.3 is 6.18 Å². The van der Waals surface area contributed by atoms with Crippen molar-refractivity contribution >= 4 is 18.0 Å². The quantitative estimate of drug-likeness (QED) is 0.516. The van der Waals surface area contributed by atoms with Crippen LogP contribution in [0.1, 0.15) is 35.1 Å². The first-order valence-corrected chi connectivity index (χ1v) is 9.34. The fourth-order valence-electron chi connectivity index (χ4n) is 3.43. The Morgan fingerprint density at radius 3 is 2.65 bits per heavy atom. The molecule has 0 spiro atoms. The molecule has 0 saturated carbocycles. The van der Waals surface area contributed by atoms with Crippen LogP contribution in [-0.2, 0) is 43.0 Å². The predicted molar refractivity (Wildman–Crippen MR) is 108 cm³/mol. The smallest absolute Gasteiger partial charge is 0.393 e. The molecule has 10 heteroatoms. The minimum absolute atomic E-state index is 0. The minimum atomic E-state index is -4.26. The Labute approximate surface area is 193 Å². The number of aromatic nitrogens is 1. The third kappa shape index (κ3) is 9.17. The normalized spacial score (nSPS) is 15.6. The monoisotopic (exact) mass is 608 g/mol. The van der Waals surface area contributed by atoms with Gasteiger partial charge in [0, 0.05) is 46.3 Å². The van der Waals surface area contributed by atoms with Crippen LogP contribution < -0.4 is 5.32 Å². The van der Waals surface area contributed by atoms with Gasteiger partial charge in [0.15, 0.2) is 0 Å². The minimum Gasteiger partial charge on any atom is -0.667 e. The third-order valence-corrected chi connectivity index (χ3v) is 4.55. The summed E-state index contributed by atoms with van der Waals surface area (Å²) >= 11 is 0. The molecule has 1 aromatic carbocycles. The molecule has 1 aliphatic rings. The van der Waals surface area contributed by atoms with Gasteiger partial charge in [-0.3, -0.25) is 14.7 Å². The van der Waals surface area contributed by atoms with Gasteiger partial charge in [-0.2, -0.15) is 13.2 Å². The van der Waals surface area contributed by atoms with Crippen LogP contribution in [0.25, 0.3) is 5.73 Å². The van der Waals surface area contributed by atoms with E-state index < -0.39 is 18.5 Å². The molecular weight excluding hydrogens is 583 g/mol. The average Bonchev–Trinajstić information content (AvgIpc) is 2.60. The molecule has 0 bridgehead atoms. The van der Waals surface area contributed by atoms with Crippen molar-refractivity contribution < 1.29 is 43.2 Å². The van der Waals surface area contributed by atoms with Crippen molar-refractivity contribution in [2.45, 2.75) is 38.9 Å². The number of amides is 2. The molecule has 0 aliphatic carbocycles. The van der Waals surface area contributed by atoms with Crippen molar-refractivity contribution in [3.05, 3.63) is 64.6 Å². The third-order valence-electron chi connectivity index (χ3n) is 4.55. The Morgan fingerprint density at radius 1 is 1.32 bits per heavy atom. The van der Waals surface area contributed by atoms with E-state index in [0.29, 0.717) is 12.3 Å². The Morgan fingerprint density at radius 2 is 2.03 bits per heavy atom. The summed E-state index contributed by atoms with van der Waals surface area (Å²) in [5.41, 5.74) is 11.2. The molecule has 3 rings (SSSR count). The SMILES string of the molecule is Cc1ccc2c(c1)CN(CC([NH-])=O)CC2C.O=CNc1cncc(CC(F)(F)F)c1.[Re]. The van der Waals surface area contributed by atoms with Gasteiger partial charge < -0.3 is 15.8 Å². The van der Waals surface area contributed by atoms with Crippen LogP contribution in [0.4, 0.5) is 18.9 Å². The van der Waals surface area contributed by atoms with Crippen LogP contribution in [0, 0.1) is 6.92 Å². The molecule has 2 amide bonds. The van der Waals surface area contributed by atoms with Crippen LogP contribution in [0.3, 0.4) is 0 Å². The van der Waals surface area contributed by atoms with E-state index in [1.807, 2.05) is 0 Å². The van der Waals surface area contributed by atoms with E-state index in [9.17, 15) is 22.8 Å². The van der Waals surface area contributed by atoms with Crippen LogP contribution >= 0.6 is 0 Å². The number of alkyl halides is 3. The van der Waals surface area contributed by atoms with Gasteiger partial charge in [-0.15, -0.1) is 0 Å². The molecule has 169 valence electrons. The topological polar surface area (TPSA) is 86.1 Å². The van der Waals surface area contributed by atoms with Gasteiger partial charge in [0.25, 0.3) is 0 Å². The van der Waals surface area contributed by atoms with Crippen molar-refractivity contribution in [3.8, 4) is 0 Å². The summed E-state index contributed by atoms with van der Waals surface area (Å²) in [4.78, 5) is 26.5. The summed E-state index contributed by atoms with van der Waals surface area (Å²) in [6, 6.07) is 7.75. The second-order valence-corrected chi connectivity index (χ2v) is 7.33. The number of aryl methyl sites for hydroxylation is 1. The molecule has 1 atom stereocenters. The summed E-state index contributed by atoms with van der Waals surface area (Å²) in [7, 11) is 0. The van der Waals surface area contributed by atoms with Crippen LogP contribution in [0.2, 0.25) is 0 Å². The van der Waals surface area contributed by atoms with E-state index in [1.54, 1.807) is 0 Å². The Balaban J connectivity index is 0.000000303. The zero-order valence-electron chi connectivity index (χ0n) is 17.2. The molecule has 1 radical (unpaired) electrons. The van der Waals surface area contributed by atoms with Crippen molar-refractivity contribution in [3.63, 3.8) is 0 Å². The van der Waals surface area contributed by atoms with E-state index in [2.05, 4.69) is 47.2 Å². The number of hydrogen-bond donors (Lipinski definition) is 1. The van der Waals surface area contributed by atoms with Crippen molar-refractivity contribution in [1.82, 2.24) is 9.88 Å². The van der Waals surface area contributed by atoms with E-state index in [0.717, 1.165) is 19.3 Å². The van der Waals surface area contributed by atoms with Crippen molar-refractivity contribution in [2.24, 2.45) is 0 Å². The first kappa shape index (κ1) is 26.8. The first-order valence-electron chi connectivity index (χ1n) is 9.34. The largest absolute Gasteiger partial charge is 0.667 e. The van der Waals surface area contributed by atoms with Gasteiger partial charge in [0.05, 0.1) is 24.2 Å². The molecule has 1 unspecified atom stereocenters. The van der Waals surface area contributed by atoms with Crippen molar-refractivity contribution in [1.29, 1.82) is 0 Å². The zero-order chi connectivity index (χ0) is 22.3. The predicted octanol–water partition coefficient (Wildman–Crippen LogP) is 4.25. The van der Waals surface area contributed by atoms with Gasteiger partial charge in [-0.1, -0.05) is 30.7 Å². The standard InChI is InChI=1S/C13H18N2O.C8H7F3N2O.Re/c1-9-3-4-12-10(2)6-15(8-13(14)16)7-11(12)5-9;9-8(10,11)2-6-1-7(13-5-14)4-12-3-6;/h3-5,10H,6-8H2,1-2H3,(H2,14,16);1,3-5H,2H2,(H,13,14);/p-1. The summed E-state index contributed by atoms with van der Waals surface area (Å²) in [5.74, 6) is -0.0491. The van der Waals surface area contributed by atoms with Crippen molar-refractivity contribution in [2.75, 3.05) is 18.4 Å². The number of anilines is 1. The molecule has 1 aromatic heterocycles. The molecular formula is C21H24F3N4O2Re-. The molecule has 31 heavy (non-hydrogen) atoms. The molecule has 2 aromatic rings. The first-order chi connectivity index (χ1) is 14.1. The summed E-state index contributed by atoms with van der Waals surface area (Å²) in [6.45, 7) is 6.18. The van der Waals surface area contributed by atoms with Gasteiger partial charge in [-0.25, -0.2) is 0 Å². The number of halogens is 3. The molecule has 6 nitrogen and oxygen atoms in total. The molecule has 0 fully saturated rings. The fourth-order valence-corrected chi connectivity index (χ4v) is 3.43. The van der Waals surface area contributed by atoms with Gasteiger partial charge in [0.2, 0.25) is 6.41 Å². The maximum absolute atomic E-state index is 11.9. The maximum atomic E-state index is 11.9. The van der Waals surface area contributed by atoms with E-state index in [4.69, 9.17) is 5.73 Å². The number of fused-ring (bicyclic) bond motifs is 1. The van der Waals surface area contributed by atoms with Crippen LogP contribution in [-0.4, -0.2) is 41.5 Å². The second kappa shape index (κ2) is 11.9. The number of nitrogens with zero attached hydrogens (tertiary/aromatic N) is 2. The second-order valence-electron chi connectivity index (χ2n) is 7.33. The number of nitrogens with one attached hydrogen (secondary N) is 2. The number of carbonyl (C=O) groups excluding carboxylic acids is 2.